The van der Waals surface area contributed by atoms with Gasteiger partial charge in [0, 0.05) is 18.5 Å². The van der Waals surface area contributed by atoms with E-state index in [4.69, 9.17) is 10.5 Å². The third-order valence-electron chi connectivity index (χ3n) is 2.77. The molecule has 0 fully saturated rings. The van der Waals surface area contributed by atoms with Crippen LogP contribution in [-0.2, 0) is 17.9 Å². The summed E-state index contributed by atoms with van der Waals surface area (Å²) in [4.78, 5) is 0. The van der Waals surface area contributed by atoms with Gasteiger partial charge in [0.1, 0.15) is 0 Å². The minimum Gasteiger partial charge on any atom is -0.375 e. The van der Waals surface area contributed by atoms with E-state index in [2.05, 4.69) is 24.2 Å². The fourth-order valence-electron chi connectivity index (χ4n) is 1.90. The van der Waals surface area contributed by atoms with Gasteiger partial charge in [0.25, 0.3) is 0 Å². The van der Waals surface area contributed by atoms with Crippen molar-refractivity contribution in [1.29, 1.82) is 0 Å². The number of nitrogens with two attached hydrogens (primary N) is 1. The van der Waals surface area contributed by atoms with Crippen LogP contribution in [0.4, 0.5) is 0 Å². The first-order valence-corrected chi connectivity index (χ1v) is 6.09. The van der Waals surface area contributed by atoms with Crippen LogP contribution in [0.5, 0.6) is 0 Å². The van der Waals surface area contributed by atoms with E-state index in [9.17, 15) is 0 Å². The zero-order valence-corrected chi connectivity index (χ0v) is 10.2. The first-order chi connectivity index (χ1) is 8.36. The molecule has 1 aromatic heterocycles. The van der Waals surface area contributed by atoms with E-state index in [1.54, 1.807) is 0 Å². The van der Waals surface area contributed by atoms with Gasteiger partial charge in [0.2, 0.25) is 0 Å². The number of aromatic nitrogens is 2. The van der Waals surface area contributed by atoms with Gasteiger partial charge in [-0.2, -0.15) is 5.10 Å². The highest BCUT2D eigenvalue weighted by atomic mass is 16.5. The molecule has 0 bridgehead atoms. The summed E-state index contributed by atoms with van der Waals surface area (Å²) >= 11 is 0. The molecule has 1 aromatic carbocycles. The van der Waals surface area contributed by atoms with Gasteiger partial charge in [-0.05, 0) is 26.0 Å². The summed E-state index contributed by atoms with van der Waals surface area (Å²) in [6.07, 6.45) is 0.895. The van der Waals surface area contributed by atoms with Crippen LogP contribution >= 0.6 is 0 Å². The second-order valence-corrected chi connectivity index (χ2v) is 3.97. The van der Waals surface area contributed by atoms with Crippen LogP contribution in [-0.4, -0.2) is 22.9 Å². The summed E-state index contributed by atoms with van der Waals surface area (Å²) in [7, 11) is 0. The van der Waals surface area contributed by atoms with Gasteiger partial charge in [-0.3, -0.25) is 4.68 Å². The average molecular weight is 233 g/mol. The minimum absolute atomic E-state index is 0.563. The van der Waals surface area contributed by atoms with Crippen LogP contribution < -0.4 is 5.73 Å². The number of benzene rings is 1. The van der Waals surface area contributed by atoms with Crippen LogP contribution in [0.1, 0.15) is 19.0 Å². The SMILES string of the molecule is CCn1nc(COCCCN)c2ccccc21. The summed E-state index contributed by atoms with van der Waals surface area (Å²) in [6, 6.07) is 8.26. The Labute approximate surface area is 101 Å². The largest absolute Gasteiger partial charge is 0.375 e. The van der Waals surface area contributed by atoms with Crippen molar-refractivity contribution in [3.05, 3.63) is 30.0 Å². The van der Waals surface area contributed by atoms with Crippen molar-refractivity contribution < 1.29 is 4.74 Å². The number of nitrogens with zero attached hydrogens (tertiary/aromatic N) is 2. The summed E-state index contributed by atoms with van der Waals surface area (Å²) < 4.78 is 7.58. The number of rotatable bonds is 6. The number of fused-ring (bicyclic) bond motifs is 1. The monoisotopic (exact) mass is 233 g/mol. The van der Waals surface area contributed by atoms with E-state index in [0.717, 1.165) is 18.7 Å². The van der Waals surface area contributed by atoms with Crippen LogP contribution in [0, 0.1) is 0 Å². The lowest BCUT2D eigenvalue weighted by Crippen LogP contribution is -2.05. The zero-order chi connectivity index (χ0) is 12.1. The maximum Gasteiger partial charge on any atom is 0.0960 e. The Morgan fingerprint density at radius 3 is 2.94 bits per heavy atom. The number of aryl methyl sites for hydroxylation is 1. The molecule has 4 heteroatoms. The topological polar surface area (TPSA) is 53.1 Å². The predicted molar refractivity (Wildman–Crippen MR) is 68.7 cm³/mol. The van der Waals surface area contributed by atoms with Gasteiger partial charge in [0.15, 0.2) is 0 Å². The van der Waals surface area contributed by atoms with Gasteiger partial charge < -0.3 is 10.5 Å². The second kappa shape index (κ2) is 5.80. The van der Waals surface area contributed by atoms with E-state index >= 15 is 0 Å². The van der Waals surface area contributed by atoms with Crippen LogP contribution in [0.15, 0.2) is 24.3 Å². The second-order valence-electron chi connectivity index (χ2n) is 3.97. The molecule has 0 unspecified atom stereocenters. The van der Waals surface area contributed by atoms with Crippen molar-refractivity contribution in [3.8, 4) is 0 Å². The number of para-hydroxylation sites is 1. The van der Waals surface area contributed by atoms with Crippen LogP contribution in [0.25, 0.3) is 10.9 Å². The molecule has 92 valence electrons. The van der Waals surface area contributed by atoms with Gasteiger partial charge >= 0.3 is 0 Å². The molecule has 2 aromatic rings. The molecule has 2 rings (SSSR count). The Kier molecular flexibility index (Phi) is 4.12. The highest BCUT2D eigenvalue weighted by Gasteiger charge is 2.08. The smallest absolute Gasteiger partial charge is 0.0960 e. The van der Waals surface area contributed by atoms with Crippen molar-refractivity contribution in [2.24, 2.45) is 5.73 Å². The van der Waals surface area contributed by atoms with Gasteiger partial charge in [-0.1, -0.05) is 18.2 Å². The van der Waals surface area contributed by atoms with Crippen molar-refractivity contribution in [1.82, 2.24) is 9.78 Å². The Morgan fingerprint density at radius 1 is 1.35 bits per heavy atom. The number of hydrogen-bond acceptors (Lipinski definition) is 3. The lowest BCUT2D eigenvalue weighted by molar-refractivity contribution is 0.117. The summed E-state index contributed by atoms with van der Waals surface area (Å²) in [6.45, 7) is 4.91. The Hall–Kier alpha value is -1.39. The van der Waals surface area contributed by atoms with Gasteiger partial charge in [0.05, 0.1) is 17.8 Å². The molecule has 4 nitrogen and oxygen atoms in total. The van der Waals surface area contributed by atoms with E-state index in [0.29, 0.717) is 19.8 Å². The Balaban J connectivity index is 2.16. The maximum absolute atomic E-state index is 5.57. The van der Waals surface area contributed by atoms with Crippen molar-refractivity contribution >= 4 is 10.9 Å². The highest BCUT2D eigenvalue weighted by Crippen LogP contribution is 2.18. The molecular weight excluding hydrogens is 214 g/mol. The number of ether oxygens (including phenoxy) is 1. The molecule has 0 amide bonds. The maximum atomic E-state index is 5.57. The molecule has 0 saturated carbocycles. The molecule has 0 aliphatic carbocycles. The summed E-state index contributed by atoms with van der Waals surface area (Å²) in [5.41, 5.74) is 7.61. The molecule has 0 aliphatic rings. The molecule has 1 heterocycles. The first-order valence-electron chi connectivity index (χ1n) is 6.09. The molecule has 2 N–H and O–H groups in total. The van der Waals surface area contributed by atoms with Crippen molar-refractivity contribution in [2.75, 3.05) is 13.2 Å². The molecule has 0 aliphatic heterocycles. The van der Waals surface area contributed by atoms with Crippen molar-refractivity contribution in [2.45, 2.75) is 26.5 Å². The Morgan fingerprint density at radius 2 is 2.18 bits per heavy atom. The molecule has 0 atom stereocenters. The molecular formula is C13H19N3O. The lowest BCUT2D eigenvalue weighted by Gasteiger charge is -2.00. The standard InChI is InChI=1S/C13H19N3O/c1-2-16-13-7-4-3-6-11(13)12(15-16)10-17-9-5-8-14/h3-4,6-7H,2,5,8-10,14H2,1H3. The van der Waals surface area contributed by atoms with Gasteiger partial charge in [-0.25, -0.2) is 0 Å². The average Bonchev–Trinajstić information content (AvgIpc) is 2.73. The summed E-state index contributed by atoms with van der Waals surface area (Å²) in [5, 5.41) is 5.75. The normalized spacial score (nSPS) is 11.2. The third-order valence-corrected chi connectivity index (χ3v) is 2.77. The highest BCUT2D eigenvalue weighted by molar-refractivity contribution is 5.81. The third kappa shape index (κ3) is 2.65. The zero-order valence-electron chi connectivity index (χ0n) is 10.2. The minimum atomic E-state index is 0.563. The van der Waals surface area contributed by atoms with Crippen LogP contribution in [0.3, 0.4) is 0 Å². The fourth-order valence-corrected chi connectivity index (χ4v) is 1.90. The van der Waals surface area contributed by atoms with Crippen molar-refractivity contribution in [3.63, 3.8) is 0 Å². The van der Waals surface area contributed by atoms with E-state index in [1.807, 2.05) is 16.8 Å². The quantitative estimate of drug-likeness (QED) is 0.775. The van der Waals surface area contributed by atoms with Crippen LogP contribution in [0.2, 0.25) is 0 Å². The molecule has 17 heavy (non-hydrogen) atoms. The van der Waals surface area contributed by atoms with Gasteiger partial charge in [-0.15, -0.1) is 0 Å². The molecule has 0 spiro atoms. The number of hydrogen-bond donors (Lipinski definition) is 1. The summed E-state index contributed by atoms with van der Waals surface area (Å²) in [5.74, 6) is 0. The van der Waals surface area contributed by atoms with E-state index in [-0.39, 0.29) is 0 Å². The Bertz CT molecular complexity index is 478. The first kappa shape index (κ1) is 12.1. The lowest BCUT2D eigenvalue weighted by atomic mass is 10.2. The fraction of sp³-hybridized carbons (Fsp3) is 0.462. The predicted octanol–water partition coefficient (Wildman–Crippen LogP) is 1.92. The van der Waals surface area contributed by atoms with E-state index in [1.165, 1.54) is 10.9 Å². The molecule has 0 saturated heterocycles. The van der Waals surface area contributed by atoms with E-state index < -0.39 is 0 Å². The molecule has 0 radical (unpaired) electrons.